The third-order valence-electron chi connectivity index (χ3n) is 2.96. The van der Waals surface area contributed by atoms with E-state index in [1.165, 1.54) is 0 Å². The minimum absolute atomic E-state index is 0.0529. The molecule has 2 N–H and O–H groups in total. The molecule has 0 spiro atoms. The lowest BCUT2D eigenvalue weighted by Gasteiger charge is -2.12. The number of nitrogens with one attached hydrogen (secondary N) is 2. The molecule has 2 rings (SSSR count). The van der Waals surface area contributed by atoms with Gasteiger partial charge in [-0.2, -0.15) is 0 Å². The molecule has 0 aromatic carbocycles. The van der Waals surface area contributed by atoms with Crippen LogP contribution in [0, 0.1) is 0 Å². The second-order valence-corrected chi connectivity index (χ2v) is 6.81. The number of sulfone groups is 1. The topological polar surface area (TPSA) is 88.2 Å². The monoisotopic (exact) mass is 283 g/mol. The van der Waals surface area contributed by atoms with Crippen molar-refractivity contribution in [3.63, 3.8) is 0 Å². The summed E-state index contributed by atoms with van der Waals surface area (Å²) in [6.07, 6.45) is 2.62. The van der Waals surface area contributed by atoms with Crippen molar-refractivity contribution in [3.8, 4) is 0 Å². The summed E-state index contributed by atoms with van der Waals surface area (Å²) < 4.78 is 22.7. The molecule has 1 aromatic rings. The fourth-order valence-corrected chi connectivity index (χ4v) is 3.60. The summed E-state index contributed by atoms with van der Waals surface area (Å²) in [5.74, 6) is 0.816. The Morgan fingerprint density at radius 1 is 1.47 bits per heavy atom. The quantitative estimate of drug-likeness (QED) is 0.861. The van der Waals surface area contributed by atoms with Crippen LogP contribution in [-0.4, -0.2) is 36.9 Å². The van der Waals surface area contributed by atoms with Crippen LogP contribution in [0.1, 0.15) is 19.8 Å². The van der Waals surface area contributed by atoms with Gasteiger partial charge in [-0.1, -0.05) is 6.92 Å². The van der Waals surface area contributed by atoms with E-state index in [4.69, 9.17) is 0 Å². The molecule has 1 amide bonds. The Kier molecular flexibility index (Phi) is 4.04. The van der Waals surface area contributed by atoms with Crippen molar-refractivity contribution in [2.45, 2.75) is 25.8 Å². The Balaban J connectivity index is 1.94. The Labute approximate surface area is 112 Å². The SMILES string of the molecule is CCC(=O)Nc1ccc(NC2CCS(=O)(=O)C2)cn1. The van der Waals surface area contributed by atoms with Gasteiger partial charge in [0, 0.05) is 12.5 Å². The third-order valence-corrected chi connectivity index (χ3v) is 4.72. The average Bonchev–Trinajstić information content (AvgIpc) is 2.71. The van der Waals surface area contributed by atoms with Crippen molar-refractivity contribution < 1.29 is 13.2 Å². The third kappa shape index (κ3) is 3.92. The predicted molar refractivity (Wildman–Crippen MR) is 73.8 cm³/mol. The first kappa shape index (κ1) is 13.8. The van der Waals surface area contributed by atoms with Crippen LogP contribution in [0.15, 0.2) is 18.3 Å². The maximum atomic E-state index is 11.3. The first-order valence-electron chi connectivity index (χ1n) is 6.21. The molecule has 1 aliphatic heterocycles. The smallest absolute Gasteiger partial charge is 0.225 e. The van der Waals surface area contributed by atoms with Gasteiger partial charge in [0.05, 0.1) is 23.4 Å². The number of carbonyl (C=O) groups excluding carboxylic acids is 1. The van der Waals surface area contributed by atoms with Crippen molar-refractivity contribution >= 4 is 27.2 Å². The number of hydrogen-bond donors (Lipinski definition) is 2. The molecule has 0 aliphatic carbocycles. The van der Waals surface area contributed by atoms with Gasteiger partial charge in [-0.3, -0.25) is 4.79 Å². The molecule has 1 unspecified atom stereocenters. The van der Waals surface area contributed by atoms with E-state index in [2.05, 4.69) is 15.6 Å². The first-order valence-corrected chi connectivity index (χ1v) is 8.03. The van der Waals surface area contributed by atoms with E-state index in [9.17, 15) is 13.2 Å². The van der Waals surface area contributed by atoms with Crippen molar-refractivity contribution in [3.05, 3.63) is 18.3 Å². The molecule has 6 nitrogen and oxygen atoms in total. The number of hydrogen-bond acceptors (Lipinski definition) is 5. The highest BCUT2D eigenvalue weighted by atomic mass is 32.2. The summed E-state index contributed by atoms with van der Waals surface area (Å²) >= 11 is 0. The minimum Gasteiger partial charge on any atom is -0.380 e. The number of rotatable bonds is 4. The predicted octanol–water partition coefficient (Wildman–Crippen LogP) is 1.03. The van der Waals surface area contributed by atoms with E-state index in [0.29, 0.717) is 18.7 Å². The molecule has 104 valence electrons. The molecule has 0 bridgehead atoms. The van der Waals surface area contributed by atoms with E-state index >= 15 is 0 Å². The number of carbonyl (C=O) groups is 1. The van der Waals surface area contributed by atoms with Crippen LogP contribution in [0.4, 0.5) is 11.5 Å². The summed E-state index contributed by atoms with van der Waals surface area (Å²) in [6, 6.07) is 3.42. The number of nitrogens with zero attached hydrogens (tertiary/aromatic N) is 1. The van der Waals surface area contributed by atoms with Gasteiger partial charge in [-0.15, -0.1) is 0 Å². The van der Waals surface area contributed by atoms with Gasteiger partial charge in [0.1, 0.15) is 5.82 Å². The van der Waals surface area contributed by atoms with Crippen molar-refractivity contribution in [2.75, 3.05) is 22.1 Å². The molecule has 7 heteroatoms. The maximum Gasteiger partial charge on any atom is 0.225 e. The lowest BCUT2D eigenvalue weighted by molar-refractivity contribution is -0.115. The van der Waals surface area contributed by atoms with Crippen LogP contribution >= 0.6 is 0 Å². The van der Waals surface area contributed by atoms with E-state index in [1.54, 1.807) is 25.3 Å². The second kappa shape index (κ2) is 5.56. The molecule has 1 atom stereocenters. The molecule has 0 radical (unpaired) electrons. The van der Waals surface area contributed by atoms with Gasteiger partial charge in [-0.25, -0.2) is 13.4 Å². The first-order chi connectivity index (χ1) is 8.98. The van der Waals surface area contributed by atoms with Crippen molar-refractivity contribution in [2.24, 2.45) is 0 Å². The summed E-state index contributed by atoms with van der Waals surface area (Å²) in [6.45, 7) is 1.77. The zero-order valence-corrected chi connectivity index (χ0v) is 11.5. The minimum atomic E-state index is -2.88. The lowest BCUT2D eigenvalue weighted by atomic mass is 10.2. The zero-order chi connectivity index (χ0) is 13.9. The lowest BCUT2D eigenvalue weighted by Crippen LogP contribution is -2.20. The van der Waals surface area contributed by atoms with Gasteiger partial charge in [0.15, 0.2) is 9.84 Å². The molecule has 1 aliphatic rings. The van der Waals surface area contributed by atoms with Gasteiger partial charge in [0.2, 0.25) is 5.91 Å². The molecule has 1 aromatic heterocycles. The van der Waals surface area contributed by atoms with Crippen LogP contribution in [0.25, 0.3) is 0 Å². The Morgan fingerprint density at radius 3 is 2.79 bits per heavy atom. The van der Waals surface area contributed by atoms with E-state index < -0.39 is 9.84 Å². The molecule has 19 heavy (non-hydrogen) atoms. The normalized spacial score (nSPS) is 21.0. The van der Waals surface area contributed by atoms with Crippen molar-refractivity contribution in [1.29, 1.82) is 0 Å². The number of aromatic nitrogens is 1. The number of pyridine rings is 1. The van der Waals surface area contributed by atoms with Gasteiger partial charge in [0.25, 0.3) is 0 Å². The van der Waals surface area contributed by atoms with Gasteiger partial charge >= 0.3 is 0 Å². The highest BCUT2D eigenvalue weighted by Gasteiger charge is 2.27. The largest absolute Gasteiger partial charge is 0.380 e. The van der Waals surface area contributed by atoms with E-state index in [0.717, 1.165) is 5.69 Å². The molecule has 1 saturated heterocycles. The average molecular weight is 283 g/mol. The van der Waals surface area contributed by atoms with E-state index in [1.807, 2.05) is 0 Å². The molecule has 2 heterocycles. The van der Waals surface area contributed by atoms with Crippen LogP contribution in [0.2, 0.25) is 0 Å². The van der Waals surface area contributed by atoms with Gasteiger partial charge in [-0.05, 0) is 18.6 Å². The summed E-state index contributed by atoms with van der Waals surface area (Å²) in [5.41, 5.74) is 0.761. The Morgan fingerprint density at radius 2 is 2.26 bits per heavy atom. The fourth-order valence-electron chi connectivity index (χ4n) is 1.93. The van der Waals surface area contributed by atoms with E-state index in [-0.39, 0.29) is 23.5 Å². The summed E-state index contributed by atoms with van der Waals surface area (Å²) in [5, 5.41) is 5.79. The zero-order valence-electron chi connectivity index (χ0n) is 10.7. The van der Waals surface area contributed by atoms with Crippen LogP contribution in [-0.2, 0) is 14.6 Å². The second-order valence-electron chi connectivity index (χ2n) is 4.58. The standard InChI is InChI=1S/C12H17N3O3S/c1-2-12(16)15-11-4-3-9(7-13-11)14-10-5-6-19(17,18)8-10/h3-4,7,10,14H,2,5-6,8H2,1H3,(H,13,15,16). The van der Waals surface area contributed by atoms with Crippen molar-refractivity contribution in [1.82, 2.24) is 4.98 Å². The van der Waals surface area contributed by atoms with Crippen LogP contribution in [0.5, 0.6) is 0 Å². The highest BCUT2D eigenvalue weighted by Crippen LogP contribution is 2.17. The number of anilines is 2. The van der Waals surface area contributed by atoms with Crippen LogP contribution in [0.3, 0.4) is 0 Å². The Bertz CT molecular complexity index is 554. The molecule has 0 saturated carbocycles. The van der Waals surface area contributed by atoms with Gasteiger partial charge < -0.3 is 10.6 Å². The van der Waals surface area contributed by atoms with Crippen LogP contribution < -0.4 is 10.6 Å². The summed E-state index contributed by atoms with van der Waals surface area (Å²) in [4.78, 5) is 15.3. The molecular formula is C12H17N3O3S. The summed E-state index contributed by atoms with van der Waals surface area (Å²) in [7, 11) is -2.88. The number of amides is 1. The Hall–Kier alpha value is -1.63. The fraction of sp³-hybridized carbons (Fsp3) is 0.500. The molecule has 1 fully saturated rings. The maximum absolute atomic E-state index is 11.3. The molecular weight excluding hydrogens is 266 g/mol. The highest BCUT2D eigenvalue weighted by molar-refractivity contribution is 7.91.